The van der Waals surface area contributed by atoms with Crippen molar-refractivity contribution in [3.8, 4) is 5.75 Å². The summed E-state index contributed by atoms with van der Waals surface area (Å²) in [6, 6.07) is 15.4. The van der Waals surface area contributed by atoms with Gasteiger partial charge in [0.25, 0.3) is 0 Å². The third-order valence-electron chi connectivity index (χ3n) is 5.17. The zero-order chi connectivity index (χ0) is 22.1. The van der Waals surface area contributed by atoms with Gasteiger partial charge in [-0.2, -0.15) is 0 Å². The molecule has 0 atom stereocenters. The van der Waals surface area contributed by atoms with Crippen molar-refractivity contribution in [2.24, 2.45) is 0 Å². The first-order valence-corrected chi connectivity index (χ1v) is 10.7. The standard InChI is InChI=1S/C23H28ClN3O4/c1-30-21-5-3-2-4-20(21)26-12-14-27(15-13-26)23(29)17-31-16-22(28)25-11-10-18-6-8-19(24)9-7-18/h2-9H,10-17H2,1H3,(H,25,28). The Morgan fingerprint density at radius 1 is 1.00 bits per heavy atom. The van der Waals surface area contributed by atoms with Crippen molar-refractivity contribution in [1.29, 1.82) is 0 Å². The molecule has 0 spiro atoms. The van der Waals surface area contributed by atoms with Gasteiger partial charge in [0.1, 0.15) is 19.0 Å². The van der Waals surface area contributed by atoms with E-state index in [1.165, 1.54) is 0 Å². The summed E-state index contributed by atoms with van der Waals surface area (Å²) in [7, 11) is 1.66. The number of hydrogen-bond donors (Lipinski definition) is 1. The van der Waals surface area contributed by atoms with Crippen LogP contribution in [0.25, 0.3) is 0 Å². The Hall–Kier alpha value is -2.77. The second-order valence-corrected chi connectivity index (χ2v) is 7.70. The summed E-state index contributed by atoms with van der Waals surface area (Å²) in [5.74, 6) is 0.490. The van der Waals surface area contributed by atoms with Gasteiger partial charge in [0.05, 0.1) is 12.8 Å². The van der Waals surface area contributed by atoms with Crippen LogP contribution in [-0.4, -0.2) is 69.8 Å². The third-order valence-corrected chi connectivity index (χ3v) is 5.42. The Labute approximate surface area is 187 Å². The smallest absolute Gasteiger partial charge is 0.248 e. The number of carbonyl (C=O) groups is 2. The average Bonchev–Trinajstić information content (AvgIpc) is 2.80. The molecule has 1 N–H and O–H groups in total. The van der Waals surface area contributed by atoms with E-state index in [1.54, 1.807) is 12.0 Å². The number of para-hydroxylation sites is 2. The van der Waals surface area contributed by atoms with Gasteiger partial charge in [0.15, 0.2) is 0 Å². The fourth-order valence-corrected chi connectivity index (χ4v) is 3.58. The monoisotopic (exact) mass is 445 g/mol. The highest BCUT2D eigenvalue weighted by Crippen LogP contribution is 2.28. The molecule has 1 heterocycles. The topological polar surface area (TPSA) is 71.1 Å². The van der Waals surface area contributed by atoms with Crippen LogP contribution in [0.3, 0.4) is 0 Å². The number of nitrogens with zero attached hydrogens (tertiary/aromatic N) is 2. The molecule has 1 aliphatic rings. The second kappa shape index (κ2) is 11.6. The van der Waals surface area contributed by atoms with E-state index >= 15 is 0 Å². The Bertz CT molecular complexity index is 867. The second-order valence-electron chi connectivity index (χ2n) is 7.26. The van der Waals surface area contributed by atoms with Crippen LogP contribution in [0.2, 0.25) is 5.02 Å². The van der Waals surface area contributed by atoms with Gasteiger partial charge in [0, 0.05) is 37.7 Å². The lowest BCUT2D eigenvalue weighted by molar-refractivity contribution is -0.138. The molecule has 0 bridgehead atoms. The van der Waals surface area contributed by atoms with Crippen LogP contribution in [0.5, 0.6) is 5.75 Å². The summed E-state index contributed by atoms with van der Waals surface area (Å²) in [6.45, 7) is 2.92. The normalized spacial score (nSPS) is 13.7. The number of benzene rings is 2. The lowest BCUT2D eigenvalue weighted by Crippen LogP contribution is -2.50. The van der Waals surface area contributed by atoms with E-state index < -0.39 is 0 Å². The molecule has 8 heteroatoms. The first-order chi connectivity index (χ1) is 15.1. The molecule has 0 saturated carbocycles. The van der Waals surface area contributed by atoms with E-state index in [9.17, 15) is 9.59 Å². The molecular weight excluding hydrogens is 418 g/mol. The third kappa shape index (κ3) is 6.87. The van der Waals surface area contributed by atoms with Crippen LogP contribution in [0.1, 0.15) is 5.56 Å². The SMILES string of the molecule is COc1ccccc1N1CCN(C(=O)COCC(=O)NCCc2ccc(Cl)cc2)CC1. The van der Waals surface area contributed by atoms with Crippen LogP contribution in [-0.2, 0) is 20.7 Å². The van der Waals surface area contributed by atoms with E-state index in [4.69, 9.17) is 21.1 Å². The molecule has 2 aromatic carbocycles. The van der Waals surface area contributed by atoms with Crippen molar-refractivity contribution in [1.82, 2.24) is 10.2 Å². The molecule has 31 heavy (non-hydrogen) atoms. The predicted octanol–water partition coefficient (Wildman–Crippen LogP) is 2.37. The van der Waals surface area contributed by atoms with Gasteiger partial charge in [-0.15, -0.1) is 0 Å². The Balaban J connectivity index is 1.32. The Morgan fingerprint density at radius 3 is 2.42 bits per heavy atom. The highest BCUT2D eigenvalue weighted by molar-refractivity contribution is 6.30. The first kappa shape index (κ1) is 22.9. The van der Waals surface area contributed by atoms with Gasteiger partial charge in [-0.25, -0.2) is 0 Å². The van der Waals surface area contributed by atoms with E-state index in [0.717, 1.165) is 30.1 Å². The lowest BCUT2D eigenvalue weighted by Gasteiger charge is -2.36. The fourth-order valence-electron chi connectivity index (χ4n) is 3.46. The maximum Gasteiger partial charge on any atom is 0.248 e. The zero-order valence-corrected chi connectivity index (χ0v) is 18.4. The van der Waals surface area contributed by atoms with Crippen molar-refractivity contribution >= 4 is 29.1 Å². The number of ether oxygens (including phenoxy) is 2. The predicted molar refractivity (Wildman–Crippen MR) is 121 cm³/mol. The molecular formula is C23H28ClN3O4. The van der Waals surface area contributed by atoms with Crippen molar-refractivity contribution in [3.63, 3.8) is 0 Å². The molecule has 2 amide bonds. The van der Waals surface area contributed by atoms with Crippen LogP contribution in [0, 0.1) is 0 Å². The van der Waals surface area contributed by atoms with Crippen LogP contribution >= 0.6 is 11.6 Å². The van der Waals surface area contributed by atoms with E-state index in [2.05, 4.69) is 10.2 Å². The number of hydrogen-bond acceptors (Lipinski definition) is 5. The highest BCUT2D eigenvalue weighted by atomic mass is 35.5. The summed E-state index contributed by atoms with van der Waals surface area (Å²) in [4.78, 5) is 28.3. The van der Waals surface area contributed by atoms with E-state index in [1.807, 2.05) is 48.5 Å². The molecule has 3 rings (SSSR count). The molecule has 0 aliphatic carbocycles. The first-order valence-electron chi connectivity index (χ1n) is 10.3. The van der Waals surface area contributed by atoms with E-state index in [0.29, 0.717) is 31.1 Å². The molecule has 0 unspecified atom stereocenters. The molecule has 1 fully saturated rings. The largest absolute Gasteiger partial charge is 0.495 e. The number of halogens is 1. The Morgan fingerprint density at radius 2 is 1.71 bits per heavy atom. The fraction of sp³-hybridized carbons (Fsp3) is 0.391. The molecule has 0 aromatic heterocycles. The van der Waals surface area contributed by atoms with Gasteiger partial charge in [-0.3, -0.25) is 9.59 Å². The van der Waals surface area contributed by atoms with Crippen LogP contribution in [0.15, 0.2) is 48.5 Å². The van der Waals surface area contributed by atoms with Crippen LogP contribution in [0.4, 0.5) is 5.69 Å². The van der Waals surface area contributed by atoms with Crippen LogP contribution < -0.4 is 15.0 Å². The van der Waals surface area contributed by atoms with Gasteiger partial charge in [-0.05, 0) is 36.2 Å². The number of anilines is 1. The quantitative estimate of drug-likeness (QED) is 0.641. The number of piperazine rings is 1. The molecule has 1 aliphatic heterocycles. The van der Waals surface area contributed by atoms with Gasteiger partial charge in [-0.1, -0.05) is 35.9 Å². The van der Waals surface area contributed by atoms with E-state index in [-0.39, 0.29) is 25.0 Å². The number of amides is 2. The van der Waals surface area contributed by atoms with Gasteiger partial charge >= 0.3 is 0 Å². The maximum atomic E-state index is 12.4. The minimum atomic E-state index is -0.234. The molecule has 1 saturated heterocycles. The highest BCUT2D eigenvalue weighted by Gasteiger charge is 2.23. The summed E-state index contributed by atoms with van der Waals surface area (Å²) in [5, 5.41) is 3.48. The van der Waals surface area contributed by atoms with Crippen molar-refractivity contribution in [3.05, 3.63) is 59.1 Å². The van der Waals surface area contributed by atoms with Crippen molar-refractivity contribution in [2.75, 3.05) is 57.9 Å². The minimum absolute atomic E-state index is 0.0980. The Kier molecular flexibility index (Phi) is 8.55. The maximum absolute atomic E-state index is 12.4. The van der Waals surface area contributed by atoms with Gasteiger partial charge < -0.3 is 24.6 Å². The summed E-state index contributed by atoms with van der Waals surface area (Å²) >= 11 is 5.86. The molecule has 2 aromatic rings. The number of nitrogens with one attached hydrogen (secondary N) is 1. The number of rotatable bonds is 9. The number of carbonyl (C=O) groups excluding carboxylic acids is 2. The minimum Gasteiger partial charge on any atom is -0.495 e. The van der Waals surface area contributed by atoms with Gasteiger partial charge in [0.2, 0.25) is 11.8 Å². The lowest BCUT2D eigenvalue weighted by atomic mass is 10.1. The molecule has 0 radical (unpaired) electrons. The number of methoxy groups -OCH3 is 1. The average molecular weight is 446 g/mol. The van der Waals surface area contributed by atoms with Crippen molar-refractivity contribution in [2.45, 2.75) is 6.42 Å². The van der Waals surface area contributed by atoms with Crippen molar-refractivity contribution < 1.29 is 19.1 Å². The summed E-state index contributed by atoms with van der Waals surface area (Å²) in [5.41, 5.74) is 2.12. The summed E-state index contributed by atoms with van der Waals surface area (Å²) < 4.78 is 10.7. The zero-order valence-electron chi connectivity index (χ0n) is 17.7. The summed E-state index contributed by atoms with van der Waals surface area (Å²) in [6.07, 6.45) is 0.707. The molecule has 7 nitrogen and oxygen atoms in total. The molecule has 166 valence electrons.